The van der Waals surface area contributed by atoms with Gasteiger partial charge in [-0.15, -0.1) is 0 Å². The van der Waals surface area contributed by atoms with E-state index in [0.29, 0.717) is 0 Å². The van der Waals surface area contributed by atoms with Crippen molar-refractivity contribution in [2.45, 2.75) is 44.9 Å². The fourth-order valence-corrected chi connectivity index (χ4v) is 3.36. The van der Waals surface area contributed by atoms with Gasteiger partial charge in [-0.1, -0.05) is 43.5 Å². The number of aromatic nitrogens is 1. The van der Waals surface area contributed by atoms with E-state index in [2.05, 4.69) is 42.4 Å². The van der Waals surface area contributed by atoms with Crippen LogP contribution in [0.4, 0.5) is 0 Å². The van der Waals surface area contributed by atoms with Gasteiger partial charge in [0.1, 0.15) is 0 Å². The van der Waals surface area contributed by atoms with E-state index in [1.165, 1.54) is 7.11 Å². The molecule has 2 rings (SSSR count). The summed E-state index contributed by atoms with van der Waals surface area (Å²) >= 11 is 0. The Hall–Kier alpha value is -2.63. The van der Waals surface area contributed by atoms with Crippen LogP contribution in [0.25, 0.3) is 22.6 Å². The standard InChI is InChI=1S/C23H29NO4/c1-6-16(4)23-19-9-7-8-10-20(19)24(15(2)3)21(23)12-11-17(25)13-18(26)14-22(27)28-5/h6-12,15,17-18,25-26H,1,4,13-14H2,2-3,5H3/b12-11+/t17-,18?/m1/s1. The van der Waals surface area contributed by atoms with E-state index in [1.54, 1.807) is 12.2 Å². The summed E-state index contributed by atoms with van der Waals surface area (Å²) in [7, 11) is 1.27. The van der Waals surface area contributed by atoms with Crippen LogP contribution in [-0.2, 0) is 9.53 Å². The van der Waals surface area contributed by atoms with Gasteiger partial charge < -0.3 is 19.5 Å². The molecule has 1 aromatic carbocycles. The summed E-state index contributed by atoms with van der Waals surface area (Å²) in [6, 6.07) is 8.28. The first-order valence-corrected chi connectivity index (χ1v) is 9.35. The number of methoxy groups -OCH3 is 1. The molecule has 2 aromatic rings. The number of nitrogens with zero attached hydrogens (tertiary/aromatic N) is 1. The lowest BCUT2D eigenvalue weighted by Crippen LogP contribution is -2.20. The first-order chi connectivity index (χ1) is 13.3. The number of aliphatic hydroxyl groups excluding tert-OH is 2. The van der Waals surface area contributed by atoms with E-state index in [-0.39, 0.29) is 18.9 Å². The molecular formula is C23H29NO4. The Morgan fingerprint density at radius 2 is 1.96 bits per heavy atom. The minimum atomic E-state index is -0.967. The molecule has 2 atom stereocenters. The molecule has 0 spiro atoms. The van der Waals surface area contributed by atoms with E-state index < -0.39 is 18.2 Å². The quantitative estimate of drug-likeness (QED) is 0.505. The third kappa shape index (κ3) is 4.80. The van der Waals surface area contributed by atoms with Crippen molar-refractivity contribution in [1.29, 1.82) is 0 Å². The number of carbonyl (C=O) groups excluding carboxylic acids is 1. The second-order valence-corrected chi connectivity index (χ2v) is 7.07. The van der Waals surface area contributed by atoms with Crippen molar-refractivity contribution in [3.05, 3.63) is 60.8 Å². The van der Waals surface area contributed by atoms with Crippen LogP contribution in [0.3, 0.4) is 0 Å². The molecule has 0 radical (unpaired) electrons. The number of ether oxygens (including phenoxy) is 1. The monoisotopic (exact) mass is 383 g/mol. The zero-order valence-electron chi connectivity index (χ0n) is 16.8. The highest BCUT2D eigenvalue weighted by atomic mass is 16.5. The van der Waals surface area contributed by atoms with Gasteiger partial charge in [-0.3, -0.25) is 4.79 Å². The van der Waals surface area contributed by atoms with Gasteiger partial charge in [-0.2, -0.15) is 0 Å². The van der Waals surface area contributed by atoms with E-state index in [4.69, 9.17) is 0 Å². The molecule has 5 nitrogen and oxygen atoms in total. The average Bonchev–Trinajstić information content (AvgIpc) is 2.99. The average molecular weight is 383 g/mol. The van der Waals surface area contributed by atoms with Crippen LogP contribution >= 0.6 is 0 Å². The Labute approximate surface area is 166 Å². The number of allylic oxidation sites excluding steroid dienone is 2. The molecule has 0 saturated carbocycles. The van der Waals surface area contributed by atoms with Crippen molar-refractivity contribution in [3.8, 4) is 0 Å². The maximum atomic E-state index is 11.3. The number of carbonyl (C=O) groups is 1. The van der Waals surface area contributed by atoms with Crippen molar-refractivity contribution >= 4 is 28.5 Å². The molecule has 1 heterocycles. The molecule has 5 heteroatoms. The van der Waals surface area contributed by atoms with Gasteiger partial charge in [-0.25, -0.2) is 0 Å². The number of rotatable bonds is 9. The van der Waals surface area contributed by atoms with Crippen LogP contribution in [-0.4, -0.2) is 40.1 Å². The lowest BCUT2D eigenvalue weighted by atomic mass is 10.0. The van der Waals surface area contributed by atoms with E-state index in [1.807, 2.05) is 24.3 Å². The first kappa shape index (κ1) is 21.7. The maximum Gasteiger partial charge on any atom is 0.308 e. The Kier molecular flexibility index (Phi) is 7.38. The Balaban J connectivity index is 2.41. The Morgan fingerprint density at radius 1 is 1.29 bits per heavy atom. The van der Waals surface area contributed by atoms with Crippen molar-refractivity contribution in [3.63, 3.8) is 0 Å². The zero-order chi connectivity index (χ0) is 20.8. The number of hydrogen-bond acceptors (Lipinski definition) is 4. The second kappa shape index (κ2) is 9.53. The lowest BCUT2D eigenvalue weighted by molar-refractivity contribution is -0.143. The third-order valence-electron chi connectivity index (χ3n) is 4.65. The van der Waals surface area contributed by atoms with Gasteiger partial charge >= 0.3 is 5.97 Å². The van der Waals surface area contributed by atoms with Crippen molar-refractivity contribution in [2.75, 3.05) is 7.11 Å². The van der Waals surface area contributed by atoms with Crippen LogP contribution in [0.1, 0.15) is 44.0 Å². The normalized spacial score (nSPS) is 13.8. The van der Waals surface area contributed by atoms with Gasteiger partial charge in [0.25, 0.3) is 0 Å². The molecule has 28 heavy (non-hydrogen) atoms. The van der Waals surface area contributed by atoms with Crippen molar-refractivity contribution < 1.29 is 19.7 Å². The topological polar surface area (TPSA) is 71.7 Å². The zero-order valence-corrected chi connectivity index (χ0v) is 16.8. The molecule has 0 aliphatic rings. The van der Waals surface area contributed by atoms with Crippen molar-refractivity contribution in [2.24, 2.45) is 0 Å². The van der Waals surface area contributed by atoms with Gasteiger partial charge in [-0.05, 0) is 31.6 Å². The molecular weight excluding hydrogens is 354 g/mol. The minimum Gasteiger partial charge on any atom is -0.469 e. The number of para-hydroxylation sites is 1. The minimum absolute atomic E-state index is 0.0469. The number of hydrogen-bond donors (Lipinski definition) is 2. The summed E-state index contributed by atoms with van der Waals surface area (Å²) in [5, 5.41) is 21.3. The molecule has 1 aromatic heterocycles. The Morgan fingerprint density at radius 3 is 2.57 bits per heavy atom. The smallest absolute Gasteiger partial charge is 0.308 e. The molecule has 0 aliphatic carbocycles. The van der Waals surface area contributed by atoms with Crippen LogP contribution in [0.15, 0.2) is 49.6 Å². The Bertz CT molecular complexity index is 891. The number of aliphatic hydroxyl groups is 2. The van der Waals surface area contributed by atoms with Crippen LogP contribution in [0, 0.1) is 0 Å². The molecule has 0 amide bonds. The summed E-state index contributed by atoms with van der Waals surface area (Å²) in [6.07, 6.45) is 3.24. The maximum absolute atomic E-state index is 11.3. The lowest BCUT2D eigenvalue weighted by Gasteiger charge is -2.15. The molecule has 150 valence electrons. The summed E-state index contributed by atoms with van der Waals surface area (Å²) < 4.78 is 6.73. The van der Waals surface area contributed by atoms with Crippen LogP contribution < -0.4 is 0 Å². The largest absolute Gasteiger partial charge is 0.469 e. The fraction of sp³-hybridized carbons (Fsp3) is 0.348. The van der Waals surface area contributed by atoms with E-state index in [9.17, 15) is 15.0 Å². The second-order valence-electron chi connectivity index (χ2n) is 7.07. The molecule has 0 bridgehead atoms. The fourth-order valence-electron chi connectivity index (χ4n) is 3.36. The third-order valence-corrected chi connectivity index (χ3v) is 4.65. The van der Waals surface area contributed by atoms with Crippen molar-refractivity contribution in [1.82, 2.24) is 4.57 Å². The molecule has 0 aliphatic heterocycles. The van der Waals surface area contributed by atoms with Crippen LogP contribution in [0.2, 0.25) is 0 Å². The predicted octanol–water partition coefficient (Wildman–Crippen LogP) is 4.11. The van der Waals surface area contributed by atoms with Gasteiger partial charge in [0.15, 0.2) is 0 Å². The molecule has 1 unspecified atom stereocenters. The van der Waals surface area contributed by atoms with Gasteiger partial charge in [0.05, 0.1) is 25.7 Å². The highest BCUT2D eigenvalue weighted by Crippen LogP contribution is 2.35. The summed E-state index contributed by atoms with van der Waals surface area (Å²) in [6.45, 7) is 12.2. The molecule has 2 N–H and O–H groups in total. The molecule has 0 fully saturated rings. The predicted molar refractivity (Wildman–Crippen MR) is 114 cm³/mol. The highest BCUT2D eigenvalue weighted by molar-refractivity contribution is 5.99. The summed E-state index contributed by atoms with van der Waals surface area (Å²) in [4.78, 5) is 11.3. The molecule has 0 saturated heterocycles. The van der Waals surface area contributed by atoms with E-state index >= 15 is 0 Å². The summed E-state index contributed by atoms with van der Waals surface area (Å²) in [5.41, 5.74) is 3.77. The number of fused-ring (bicyclic) bond motifs is 1. The van der Waals surface area contributed by atoms with E-state index in [0.717, 1.165) is 27.7 Å². The van der Waals surface area contributed by atoms with Gasteiger partial charge in [0, 0.05) is 34.6 Å². The summed E-state index contributed by atoms with van der Waals surface area (Å²) in [5.74, 6) is -0.506. The van der Waals surface area contributed by atoms with Crippen LogP contribution in [0.5, 0.6) is 0 Å². The first-order valence-electron chi connectivity index (χ1n) is 9.35. The number of esters is 1. The number of benzene rings is 1. The SMILES string of the molecule is C=CC(=C)c1c(/C=C/[C@@H](O)CC(O)CC(=O)OC)n(C(C)C)c2ccccc12. The highest BCUT2D eigenvalue weighted by Gasteiger charge is 2.19. The van der Waals surface area contributed by atoms with Gasteiger partial charge in [0.2, 0.25) is 0 Å².